The second-order valence-corrected chi connectivity index (χ2v) is 6.21. The Morgan fingerprint density at radius 1 is 1.29 bits per heavy atom. The number of carbonyl (C=O) groups is 1. The van der Waals surface area contributed by atoms with Crippen LogP contribution in [0.1, 0.15) is 46.0 Å². The molecule has 120 valence electrons. The molecule has 1 atom stereocenters. The first-order valence-electron chi connectivity index (χ1n) is 8.10. The van der Waals surface area contributed by atoms with Crippen LogP contribution in [0.4, 0.5) is 0 Å². The number of carbonyl (C=O) groups excluding carboxylic acids is 1. The highest BCUT2D eigenvalue weighted by molar-refractivity contribution is 6.06. The van der Waals surface area contributed by atoms with Crippen molar-refractivity contribution in [3.05, 3.63) is 0 Å². The number of piperazine rings is 1. The summed E-state index contributed by atoms with van der Waals surface area (Å²) in [7, 11) is 0. The van der Waals surface area contributed by atoms with Crippen LogP contribution >= 0.6 is 0 Å². The fourth-order valence-corrected chi connectivity index (χ4v) is 3.76. The Labute approximate surface area is 127 Å². The Morgan fingerprint density at radius 2 is 2.00 bits per heavy atom. The van der Waals surface area contributed by atoms with Gasteiger partial charge in [-0.3, -0.25) is 9.69 Å². The molecule has 2 aliphatic rings. The van der Waals surface area contributed by atoms with Gasteiger partial charge in [-0.1, -0.05) is 25.4 Å². The number of oxime groups is 1. The van der Waals surface area contributed by atoms with Crippen LogP contribution in [0.25, 0.3) is 0 Å². The molecule has 0 bridgehead atoms. The van der Waals surface area contributed by atoms with E-state index in [0.29, 0.717) is 18.9 Å². The third-order valence-corrected chi connectivity index (χ3v) is 5.34. The van der Waals surface area contributed by atoms with Gasteiger partial charge in [0.05, 0.1) is 0 Å². The van der Waals surface area contributed by atoms with Crippen molar-refractivity contribution < 1.29 is 10.0 Å². The summed E-state index contributed by atoms with van der Waals surface area (Å²) in [6, 6.07) is 0.482. The van der Waals surface area contributed by atoms with Crippen LogP contribution < -0.4 is 5.73 Å². The number of nitrogens with zero attached hydrogens (tertiary/aromatic N) is 3. The van der Waals surface area contributed by atoms with Crippen LogP contribution in [-0.4, -0.2) is 59.0 Å². The van der Waals surface area contributed by atoms with Crippen LogP contribution in [0.15, 0.2) is 5.16 Å². The van der Waals surface area contributed by atoms with E-state index in [1.54, 1.807) is 0 Å². The average Bonchev–Trinajstić information content (AvgIpc) is 2.55. The minimum atomic E-state index is -0.856. The lowest BCUT2D eigenvalue weighted by Gasteiger charge is -2.46. The lowest BCUT2D eigenvalue weighted by molar-refractivity contribution is -0.142. The molecule has 2 saturated heterocycles. The van der Waals surface area contributed by atoms with Crippen LogP contribution in [0.2, 0.25) is 0 Å². The molecule has 0 aromatic carbocycles. The van der Waals surface area contributed by atoms with Crippen molar-refractivity contribution in [3.63, 3.8) is 0 Å². The second kappa shape index (κ2) is 6.64. The zero-order valence-electron chi connectivity index (χ0n) is 13.2. The number of piperidine rings is 1. The topological polar surface area (TPSA) is 82.2 Å². The molecule has 0 spiro atoms. The smallest absolute Gasteiger partial charge is 0.236 e. The van der Waals surface area contributed by atoms with Gasteiger partial charge in [0, 0.05) is 25.7 Å². The summed E-state index contributed by atoms with van der Waals surface area (Å²) in [5.74, 6) is 0.0663. The number of nitrogens with two attached hydrogens (primary N) is 1. The summed E-state index contributed by atoms with van der Waals surface area (Å²) in [6.45, 7) is 7.47. The average molecular weight is 296 g/mol. The number of rotatable bonds is 4. The van der Waals surface area contributed by atoms with E-state index in [9.17, 15) is 4.79 Å². The molecule has 6 nitrogen and oxygen atoms in total. The third-order valence-electron chi connectivity index (χ3n) is 5.34. The highest BCUT2D eigenvalue weighted by Crippen LogP contribution is 2.31. The SMILES string of the molecule is CCC(CC)(C(=O)N1CCN2CCCCC2C1)C(N)=NO. The Balaban J connectivity index is 2.14. The van der Waals surface area contributed by atoms with Gasteiger partial charge in [0.15, 0.2) is 5.84 Å². The molecule has 2 fully saturated rings. The Hall–Kier alpha value is -1.30. The van der Waals surface area contributed by atoms with E-state index in [4.69, 9.17) is 10.9 Å². The maximum absolute atomic E-state index is 13.0. The lowest BCUT2D eigenvalue weighted by Crippen LogP contribution is -2.60. The van der Waals surface area contributed by atoms with E-state index in [0.717, 1.165) is 26.2 Å². The lowest BCUT2D eigenvalue weighted by atomic mass is 9.79. The minimum Gasteiger partial charge on any atom is -0.409 e. The molecular formula is C15H28N4O2. The van der Waals surface area contributed by atoms with Gasteiger partial charge >= 0.3 is 0 Å². The highest BCUT2D eigenvalue weighted by atomic mass is 16.4. The van der Waals surface area contributed by atoms with Crippen molar-refractivity contribution in [1.29, 1.82) is 0 Å². The molecule has 2 rings (SSSR count). The predicted molar refractivity (Wildman–Crippen MR) is 82.2 cm³/mol. The molecule has 1 amide bonds. The molecule has 0 aromatic rings. The zero-order chi connectivity index (χ0) is 15.5. The van der Waals surface area contributed by atoms with Crippen molar-refractivity contribution in [2.24, 2.45) is 16.3 Å². The fraction of sp³-hybridized carbons (Fsp3) is 0.867. The standard InChI is InChI=1S/C15H28N4O2/c1-3-15(4-2,13(16)17-21)14(20)19-10-9-18-8-6-5-7-12(18)11-19/h12,21H,3-11H2,1-2H3,(H2,16,17). The van der Waals surface area contributed by atoms with E-state index in [-0.39, 0.29) is 11.7 Å². The minimum absolute atomic E-state index is 0.0213. The number of hydrogen-bond donors (Lipinski definition) is 2. The van der Waals surface area contributed by atoms with E-state index < -0.39 is 5.41 Å². The molecule has 0 aliphatic carbocycles. The summed E-state index contributed by atoms with van der Waals surface area (Å²) in [5.41, 5.74) is 5.00. The molecule has 6 heteroatoms. The van der Waals surface area contributed by atoms with Crippen LogP contribution in [0, 0.1) is 5.41 Å². The largest absolute Gasteiger partial charge is 0.409 e. The van der Waals surface area contributed by atoms with Crippen molar-refractivity contribution in [1.82, 2.24) is 9.80 Å². The van der Waals surface area contributed by atoms with Gasteiger partial charge in [0.2, 0.25) is 5.91 Å². The number of fused-ring (bicyclic) bond motifs is 1. The van der Waals surface area contributed by atoms with Crippen molar-refractivity contribution >= 4 is 11.7 Å². The molecule has 3 N–H and O–H groups in total. The molecule has 0 saturated carbocycles. The zero-order valence-corrected chi connectivity index (χ0v) is 13.2. The van der Waals surface area contributed by atoms with Gasteiger partial charge in [0.1, 0.15) is 5.41 Å². The summed E-state index contributed by atoms with van der Waals surface area (Å²) >= 11 is 0. The van der Waals surface area contributed by atoms with Gasteiger partial charge in [-0.05, 0) is 32.2 Å². The van der Waals surface area contributed by atoms with Crippen molar-refractivity contribution in [3.8, 4) is 0 Å². The molecule has 0 aromatic heterocycles. The molecule has 2 aliphatic heterocycles. The van der Waals surface area contributed by atoms with Crippen molar-refractivity contribution in [2.75, 3.05) is 26.2 Å². The first kappa shape index (κ1) is 16.1. The maximum atomic E-state index is 13.0. The second-order valence-electron chi connectivity index (χ2n) is 6.21. The summed E-state index contributed by atoms with van der Waals surface area (Å²) in [5, 5.41) is 12.2. The summed E-state index contributed by atoms with van der Waals surface area (Å²) in [6.07, 6.45) is 4.80. The number of amides is 1. The highest BCUT2D eigenvalue weighted by Gasteiger charge is 2.44. The maximum Gasteiger partial charge on any atom is 0.236 e. The van der Waals surface area contributed by atoms with Gasteiger partial charge in [-0.2, -0.15) is 0 Å². The Morgan fingerprint density at radius 3 is 2.62 bits per heavy atom. The first-order chi connectivity index (χ1) is 10.1. The first-order valence-corrected chi connectivity index (χ1v) is 8.10. The van der Waals surface area contributed by atoms with Gasteiger partial charge in [-0.15, -0.1) is 0 Å². The van der Waals surface area contributed by atoms with Gasteiger partial charge < -0.3 is 15.8 Å². The summed E-state index contributed by atoms with van der Waals surface area (Å²) in [4.78, 5) is 17.4. The van der Waals surface area contributed by atoms with Crippen molar-refractivity contribution in [2.45, 2.75) is 52.0 Å². The van der Waals surface area contributed by atoms with Gasteiger partial charge in [-0.25, -0.2) is 0 Å². The van der Waals surface area contributed by atoms with E-state index in [2.05, 4.69) is 10.1 Å². The van der Waals surface area contributed by atoms with Gasteiger partial charge in [0.25, 0.3) is 0 Å². The number of hydrogen-bond acceptors (Lipinski definition) is 4. The van der Waals surface area contributed by atoms with Crippen LogP contribution in [-0.2, 0) is 4.79 Å². The Kier molecular flexibility index (Phi) is 5.08. The van der Waals surface area contributed by atoms with E-state index in [1.165, 1.54) is 19.3 Å². The molecular weight excluding hydrogens is 268 g/mol. The molecule has 21 heavy (non-hydrogen) atoms. The Bertz CT molecular complexity index is 406. The summed E-state index contributed by atoms with van der Waals surface area (Å²) < 4.78 is 0. The van der Waals surface area contributed by atoms with Crippen LogP contribution in [0.3, 0.4) is 0 Å². The van der Waals surface area contributed by atoms with E-state index >= 15 is 0 Å². The fourth-order valence-electron chi connectivity index (χ4n) is 3.76. The normalized spacial score (nSPS) is 24.8. The third kappa shape index (κ3) is 2.86. The molecule has 2 heterocycles. The quantitative estimate of drug-likeness (QED) is 0.354. The van der Waals surface area contributed by atoms with Crippen LogP contribution in [0.5, 0.6) is 0 Å². The van der Waals surface area contributed by atoms with E-state index in [1.807, 2.05) is 18.7 Å². The number of amidine groups is 1. The molecule has 0 radical (unpaired) electrons. The predicted octanol–water partition coefficient (Wildman–Crippen LogP) is 1.24. The molecule has 1 unspecified atom stereocenters. The monoisotopic (exact) mass is 296 g/mol.